The van der Waals surface area contributed by atoms with Crippen LogP contribution in [0.15, 0.2) is 42.5 Å². The highest BCUT2D eigenvalue weighted by atomic mass is 16.5. The van der Waals surface area contributed by atoms with E-state index in [1.807, 2.05) is 18.2 Å². The number of carbonyl (C=O) groups is 1. The number of nitrogens with two attached hydrogens (primary N) is 1. The topological polar surface area (TPSA) is 73.6 Å². The minimum atomic E-state index is -0.389. The fourth-order valence-electron chi connectivity index (χ4n) is 3.34. The van der Waals surface area contributed by atoms with Gasteiger partial charge in [-0.3, -0.25) is 4.79 Å². The molecule has 1 saturated carbocycles. The Morgan fingerprint density at radius 2 is 1.78 bits per heavy atom. The molecular formula is C22H28N2O3. The average molecular weight is 368 g/mol. The van der Waals surface area contributed by atoms with Crippen molar-refractivity contribution in [2.45, 2.75) is 44.2 Å². The molecule has 0 aromatic heterocycles. The maximum atomic E-state index is 12.6. The van der Waals surface area contributed by atoms with E-state index in [1.54, 1.807) is 14.2 Å². The Balaban J connectivity index is 1.59. The summed E-state index contributed by atoms with van der Waals surface area (Å²) in [7, 11) is 3.18. The smallest absolute Gasteiger partial charge is 0.222 e. The van der Waals surface area contributed by atoms with Crippen LogP contribution in [0.3, 0.4) is 0 Å². The van der Waals surface area contributed by atoms with Crippen molar-refractivity contribution >= 4 is 5.91 Å². The van der Waals surface area contributed by atoms with Crippen LogP contribution in [0.2, 0.25) is 0 Å². The highest BCUT2D eigenvalue weighted by Crippen LogP contribution is 2.39. The highest BCUT2D eigenvalue weighted by molar-refractivity contribution is 5.78. The Hall–Kier alpha value is -2.53. The van der Waals surface area contributed by atoms with Gasteiger partial charge < -0.3 is 20.5 Å². The fourth-order valence-corrected chi connectivity index (χ4v) is 3.34. The summed E-state index contributed by atoms with van der Waals surface area (Å²) in [5.74, 6) is 1.25. The Kier molecular flexibility index (Phi) is 5.71. The highest BCUT2D eigenvalue weighted by Gasteiger charge is 2.43. The predicted molar refractivity (Wildman–Crippen MR) is 106 cm³/mol. The standard InChI is InChI=1S/C22H28N2O3/c1-15-4-6-16(7-5-15)14-22(10-11-22)24-21(25)13-18(23)17-8-9-19(26-2)20(12-17)27-3/h4-9,12,18H,10-11,13-14,23H2,1-3H3,(H,24,25)/t18-/m1/s1. The minimum Gasteiger partial charge on any atom is -0.493 e. The molecule has 0 heterocycles. The van der Waals surface area contributed by atoms with Gasteiger partial charge in [0.15, 0.2) is 11.5 Å². The molecule has 1 atom stereocenters. The molecule has 0 radical (unpaired) electrons. The zero-order valence-corrected chi connectivity index (χ0v) is 16.2. The summed E-state index contributed by atoms with van der Waals surface area (Å²) in [4.78, 5) is 12.6. The van der Waals surface area contributed by atoms with Crippen LogP contribution < -0.4 is 20.5 Å². The first-order chi connectivity index (χ1) is 12.9. The molecule has 5 nitrogen and oxygen atoms in total. The van der Waals surface area contributed by atoms with Crippen molar-refractivity contribution < 1.29 is 14.3 Å². The molecule has 0 unspecified atom stereocenters. The van der Waals surface area contributed by atoms with Gasteiger partial charge in [0.1, 0.15) is 0 Å². The molecule has 0 spiro atoms. The Labute approximate surface area is 160 Å². The summed E-state index contributed by atoms with van der Waals surface area (Å²) in [6.07, 6.45) is 3.13. The van der Waals surface area contributed by atoms with Crippen molar-refractivity contribution in [3.8, 4) is 11.5 Å². The number of methoxy groups -OCH3 is 2. The van der Waals surface area contributed by atoms with Crippen LogP contribution >= 0.6 is 0 Å². The maximum Gasteiger partial charge on any atom is 0.222 e. The largest absolute Gasteiger partial charge is 0.493 e. The van der Waals surface area contributed by atoms with Crippen molar-refractivity contribution in [2.24, 2.45) is 5.73 Å². The molecule has 0 saturated heterocycles. The molecular weight excluding hydrogens is 340 g/mol. The lowest BCUT2D eigenvalue weighted by molar-refractivity contribution is -0.122. The Bertz CT molecular complexity index is 798. The molecule has 2 aromatic carbocycles. The third-order valence-corrected chi connectivity index (χ3v) is 5.16. The van der Waals surface area contributed by atoms with Crippen LogP contribution in [0.25, 0.3) is 0 Å². The second kappa shape index (κ2) is 8.01. The molecule has 0 bridgehead atoms. The minimum absolute atomic E-state index is 0.0121. The molecule has 2 aromatic rings. The van der Waals surface area contributed by atoms with Gasteiger partial charge in [-0.25, -0.2) is 0 Å². The number of hydrogen-bond donors (Lipinski definition) is 2. The summed E-state index contributed by atoms with van der Waals surface area (Å²) in [5, 5.41) is 3.21. The number of amides is 1. The third kappa shape index (κ3) is 4.80. The molecule has 0 aliphatic heterocycles. The van der Waals surface area contributed by atoms with Crippen LogP contribution in [-0.2, 0) is 11.2 Å². The van der Waals surface area contributed by atoms with Gasteiger partial charge >= 0.3 is 0 Å². The molecule has 144 valence electrons. The van der Waals surface area contributed by atoms with Gasteiger partial charge in [0.05, 0.1) is 14.2 Å². The molecule has 1 fully saturated rings. The van der Waals surface area contributed by atoms with Crippen LogP contribution in [-0.4, -0.2) is 25.7 Å². The lowest BCUT2D eigenvalue weighted by atomic mass is 10.0. The number of benzene rings is 2. The van der Waals surface area contributed by atoms with Crippen molar-refractivity contribution in [2.75, 3.05) is 14.2 Å². The summed E-state index contributed by atoms with van der Waals surface area (Å²) in [6.45, 7) is 2.08. The number of aryl methyl sites for hydroxylation is 1. The van der Waals surface area contributed by atoms with Crippen molar-refractivity contribution in [1.82, 2.24) is 5.32 Å². The molecule has 1 amide bonds. The van der Waals surface area contributed by atoms with Gasteiger partial charge in [-0.05, 0) is 49.4 Å². The Morgan fingerprint density at radius 1 is 1.11 bits per heavy atom. The lowest BCUT2D eigenvalue weighted by Gasteiger charge is -2.20. The molecule has 1 aliphatic carbocycles. The predicted octanol–water partition coefficient (Wildman–Crippen LogP) is 3.29. The number of rotatable bonds is 8. The first-order valence-electron chi connectivity index (χ1n) is 9.29. The van der Waals surface area contributed by atoms with Gasteiger partial charge in [0, 0.05) is 18.0 Å². The van der Waals surface area contributed by atoms with Crippen molar-refractivity contribution in [3.63, 3.8) is 0 Å². The zero-order valence-electron chi connectivity index (χ0n) is 16.2. The quantitative estimate of drug-likeness (QED) is 0.750. The second-order valence-electron chi connectivity index (χ2n) is 7.42. The molecule has 1 aliphatic rings. The average Bonchev–Trinajstić information content (AvgIpc) is 3.41. The summed E-state index contributed by atoms with van der Waals surface area (Å²) < 4.78 is 10.6. The first-order valence-corrected chi connectivity index (χ1v) is 9.29. The van der Waals surface area contributed by atoms with Crippen molar-refractivity contribution in [3.05, 3.63) is 59.2 Å². The SMILES string of the molecule is COc1ccc([C@H](N)CC(=O)NC2(Cc3ccc(C)cc3)CC2)cc1OC. The molecule has 3 rings (SSSR count). The van der Waals surface area contributed by atoms with E-state index in [-0.39, 0.29) is 23.9 Å². The van der Waals surface area contributed by atoms with Crippen molar-refractivity contribution in [1.29, 1.82) is 0 Å². The van der Waals surface area contributed by atoms with Gasteiger partial charge in [0.25, 0.3) is 0 Å². The van der Waals surface area contributed by atoms with Crippen LogP contribution in [0.4, 0.5) is 0 Å². The monoisotopic (exact) mass is 368 g/mol. The second-order valence-corrected chi connectivity index (χ2v) is 7.42. The summed E-state index contributed by atoms with van der Waals surface area (Å²) in [5.41, 5.74) is 9.50. The van der Waals surface area contributed by atoms with Crippen LogP contribution in [0, 0.1) is 6.92 Å². The van der Waals surface area contributed by atoms with E-state index in [0.29, 0.717) is 11.5 Å². The number of carbonyl (C=O) groups excluding carboxylic acids is 1. The van der Waals surface area contributed by atoms with E-state index < -0.39 is 0 Å². The van der Waals surface area contributed by atoms with E-state index in [9.17, 15) is 4.79 Å². The van der Waals surface area contributed by atoms with Crippen LogP contribution in [0.1, 0.15) is 42.0 Å². The van der Waals surface area contributed by atoms with E-state index in [1.165, 1.54) is 11.1 Å². The van der Waals surface area contributed by atoms with Gasteiger partial charge in [-0.2, -0.15) is 0 Å². The van der Waals surface area contributed by atoms with Gasteiger partial charge in [0.2, 0.25) is 5.91 Å². The number of ether oxygens (including phenoxy) is 2. The molecule has 3 N–H and O–H groups in total. The van der Waals surface area contributed by atoms with E-state index in [0.717, 1.165) is 24.8 Å². The first kappa shape index (κ1) is 19.2. The van der Waals surface area contributed by atoms with Gasteiger partial charge in [-0.1, -0.05) is 35.9 Å². The molecule has 27 heavy (non-hydrogen) atoms. The zero-order chi connectivity index (χ0) is 19.4. The third-order valence-electron chi connectivity index (χ3n) is 5.16. The normalized spacial score (nSPS) is 15.7. The Morgan fingerprint density at radius 3 is 2.37 bits per heavy atom. The van der Waals surface area contributed by atoms with Crippen LogP contribution in [0.5, 0.6) is 11.5 Å². The fraction of sp³-hybridized carbons (Fsp3) is 0.409. The summed E-state index contributed by atoms with van der Waals surface area (Å²) >= 11 is 0. The van der Waals surface area contributed by atoms with E-state index in [4.69, 9.17) is 15.2 Å². The number of nitrogens with one attached hydrogen (secondary N) is 1. The maximum absolute atomic E-state index is 12.6. The van der Waals surface area contributed by atoms with Gasteiger partial charge in [-0.15, -0.1) is 0 Å². The number of hydrogen-bond acceptors (Lipinski definition) is 4. The summed E-state index contributed by atoms with van der Waals surface area (Å²) in [6, 6.07) is 13.6. The lowest BCUT2D eigenvalue weighted by Crippen LogP contribution is -2.39. The molecule has 5 heteroatoms. The van der Waals surface area contributed by atoms with E-state index >= 15 is 0 Å². The van der Waals surface area contributed by atoms with E-state index in [2.05, 4.69) is 36.5 Å².